The molecule has 0 spiro atoms. The Morgan fingerprint density at radius 1 is 1.17 bits per heavy atom. The Kier molecular flexibility index (Phi) is 6.14. The Morgan fingerprint density at radius 3 is 2.54 bits per heavy atom. The van der Waals surface area contributed by atoms with Crippen LogP contribution in [0.5, 0.6) is 5.75 Å². The van der Waals surface area contributed by atoms with E-state index in [9.17, 15) is 31.1 Å². The SMILES string of the molecule is CC(C)CCn1c(=O)c(C2=CS(=O)(=O)c3cc(NS(C)(=O)=O)ccc3N2)c(O)c2cc(F)ccc21. The van der Waals surface area contributed by atoms with Crippen molar-refractivity contribution in [3.8, 4) is 5.75 Å². The van der Waals surface area contributed by atoms with Gasteiger partial charge in [0.2, 0.25) is 19.9 Å². The number of aromatic nitrogens is 1. The van der Waals surface area contributed by atoms with Gasteiger partial charge in [-0.05, 0) is 48.7 Å². The molecular weight excluding hydrogens is 497 g/mol. The molecule has 2 aromatic carbocycles. The first-order chi connectivity index (χ1) is 16.3. The summed E-state index contributed by atoms with van der Waals surface area (Å²) in [6.07, 6.45) is 1.56. The number of pyridine rings is 1. The van der Waals surface area contributed by atoms with Crippen LogP contribution < -0.4 is 15.6 Å². The molecule has 0 aliphatic carbocycles. The van der Waals surface area contributed by atoms with Crippen molar-refractivity contribution in [1.29, 1.82) is 0 Å². The summed E-state index contributed by atoms with van der Waals surface area (Å²) in [6, 6.07) is 7.55. The fourth-order valence-electron chi connectivity index (χ4n) is 3.92. The van der Waals surface area contributed by atoms with Gasteiger partial charge in [-0.2, -0.15) is 0 Å². The molecule has 0 unspecified atom stereocenters. The van der Waals surface area contributed by atoms with E-state index < -0.39 is 37.0 Å². The Hall–Kier alpha value is -3.38. The number of aromatic hydroxyl groups is 1. The molecule has 0 saturated heterocycles. The average molecular weight is 522 g/mol. The predicted molar refractivity (Wildman–Crippen MR) is 133 cm³/mol. The molecule has 186 valence electrons. The van der Waals surface area contributed by atoms with Crippen LogP contribution in [0.3, 0.4) is 0 Å². The number of nitrogens with zero attached hydrogens (tertiary/aromatic N) is 1. The van der Waals surface area contributed by atoms with Gasteiger partial charge >= 0.3 is 0 Å². The van der Waals surface area contributed by atoms with Crippen LogP contribution in [0.4, 0.5) is 15.8 Å². The number of nitrogens with one attached hydrogen (secondary N) is 2. The van der Waals surface area contributed by atoms with Gasteiger partial charge in [-0.25, -0.2) is 21.2 Å². The second-order valence-corrected chi connectivity index (χ2v) is 12.3. The standard InChI is InChI=1S/C23H24FN3O6S2/c1-13(2)8-9-27-19-7-4-14(24)10-16(19)22(28)21(23(27)29)18-12-35(32,33)20-11-15(26-34(3,30)31)5-6-17(20)25-18/h4-7,10-13,25-26,28H,8-9H2,1-3H3. The normalized spacial score (nSPS) is 14.9. The Labute approximate surface area is 201 Å². The summed E-state index contributed by atoms with van der Waals surface area (Å²) in [5.41, 5.74) is -0.640. The van der Waals surface area contributed by atoms with Crippen molar-refractivity contribution < 1.29 is 26.3 Å². The highest BCUT2D eigenvalue weighted by molar-refractivity contribution is 7.94. The van der Waals surface area contributed by atoms with Gasteiger partial charge in [-0.15, -0.1) is 0 Å². The third kappa shape index (κ3) is 4.89. The number of benzene rings is 2. The average Bonchev–Trinajstić information content (AvgIpc) is 2.73. The minimum atomic E-state index is -4.14. The first-order valence-electron chi connectivity index (χ1n) is 10.7. The van der Waals surface area contributed by atoms with Crippen molar-refractivity contribution in [1.82, 2.24) is 4.57 Å². The number of rotatable bonds is 6. The fraction of sp³-hybridized carbons (Fsp3) is 0.261. The monoisotopic (exact) mass is 521 g/mol. The van der Waals surface area contributed by atoms with E-state index >= 15 is 0 Å². The lowest BCUT2D eigenvalue weighted by atomic mass is 10.1. The van der Waals surface area contributed by atoms with Crippen molar-refractivity contribution in [2.75, 3.05) is 16.3 Å². The van der Waals surface area contributed by atoms with Crippen molar-refractivity contribution >= 4 is 47.8 Å². The van der Waals surface area contributed by atoms with Crippen LogP contribution in [-0.4, -0.2) is 32.8 Å². The molecule has 0 amide bonds. The number of hydrogen-bond acceptors (Lipinski definition) is 7. The second kappa shape index (κ2) is 8.68. The van der Waals surface area contributed by atoms with Gasteiger partial charge in [-0.1, -0.05) is 13.8 Å². The maximum absolute atomic E-state index is 14.0. The van der Waals surface area contributed by atoms with Crippen LogP contribution >= 0.6 is 0 Å². The molecule has 0 atom stereocenters. The highest BCUT2D eigenvalue weighted by Crippen LogP contribution is 2.38. The maximum Gasteiger partial charge on any atom is 0.264 e. The zero-order valence-corrected chi connectivity index (χ0v) is 20.8. The first kappa shape index (κ1) is 24.7. The van der Waals surface area contributed by atoms with E-state index in [4.69, 9.17) is 0 Å². The molecule has 2 heterocycles. The van der Waals surface area contributed by atoms with Crippen molar-refractivity contribution in [2.45, 2.75) is 31.7 Å². The minimum Gasteiger partial charge on any atom is -0.506 e. The molecule has 9 nitrogen and oxygen atoms in total. The van der Waals surface area contributed by atoms with E-state index in [1.54, 1.807) is 0 Å². The topological polar surface area (TPSA) is 135 Å². The van der Waals surface area contributed by atoms with Crippen LogP contribution in [0.15, 0.2) is 51.5 Å². The van der Waals surface area contributed by atoms with E-state index in [-0.39, 0.29) is 45.4 Å². The molecule has 4 rings (SSSR count). The summed E-state index contributed by atoms with van der Waals surface area (Å²) in [4.78, 5) is 13.3. The summed E-state index contributed by atoms with van der Waals surface area (Å²) in [5, 5.41) is 14.7. The van der Waals surface area contributed by atoms with E-state index in [0.29, 0.717) is 11.9 Å². The molecule has 1 aliphatic heterocycles. The van der Waals surface area contributed by atoms with Gasteiger partial charge in [0.1, 0.15) is 17.1 Å². The number of halogens is 1. The molecule has 0 bridgehead atoms. The van der Waals surface area contributed by atoms with Gasteiger partial charge in [0, 0.05) is 17.6 Å². The summed E-state index contributed by atoms with van der Waals surface area (Å²) in [6.45, 7) is 4.24. The van der Waals surface area contributed by atoms with Gasteiger partial charge in [0.25, 0.3) is 5.56 Å². The van der Waals surface area contributed by atoms with Gasteiger partial charge in [-0.3, -0.25) is 9.52 Å². The van der Waals surface area contributed by atoms with Gasteiger partial charge < -0.3 is 15.0 Å². The van der Waals surface area contributed by atoms with Gasteiger partial charge in [0.15, 0.2) is 0 Å². The molecule has 35 heavy (non-hydrogen) atoms. The number of sulfonamides is 1. The Bertz CT molecular complexity index is 1660. The second-order valence-electron chi connectivity index (χ2n) is 8.81. The molecule has 12 heteroatoms. The lowest BCUT2D eigenvalue weighted by Crippen LogP contribution is -2.27. The van der Waals surface area contributed by atoms with Crippen LogP contribution in [0.25, 0.3) is 16.6 Å². The molecule has 1 aliphatic rings. The summed E-state index contributed by atoms with van der Waals surface area (Å²) < 4.78 is 66.8. The van der Waals surface area contributed by atoms with Crippen LogP contribution in [0, 0.1) is 11.7 Å². The number of hydrogen-bond donors (Lipinski definition) is 3. The fourth-order valence-corrected chi connectivity index (χ4v) is 5.80. The van der Waals surface area contributed by atoms with Crippen LogP contribution in [0.2, 0.25) is 0 Å². The molecule has 3 aromatic rings. The van der Waals surface area contributed by atoms with Crippen molar-refractivity contribution in [3.05, 3.63) is 63.5 Å². The maximum atomic E-state index is 14.0. The highest BCUT2D eigenvalue weighted by atomic mass is 32.2. The number of anilines is 2. The quantitative estimate of drug-likeness (QED) is 0.452. The Morgan fingerprint density at radius 2 is 1.89 bits per heavy atom. The smallest absolute Gasteiger partial charge is 0.264 e. The van der Waals surface area contributed by atoms with Crippen molar-refractivity contribution in [2.24, 2.45) is 5.92 Å². The van der Waals surface area contributed by atoms with E-state index in [1.165, 1.54) is 28.8 Å². The molecule has 3 N–H and O–H groups in total. The largest absolute Gasteiger partial charge is 0.506 e. The lowest BCUT2D eigenvalue weighted by Gasteiger charge is -2.22. The van der Waals surface area contributed by atoms with Crippen molar-refractivity contribution in [3.63, 3.8) is 0 Å². The molecule has 0 radical (unpaired) electrons. The molecule has 0 fully saturated rings. The van der Waals surface area contributed by atoms with E-state index in [0.717, 1.165) is 23.8 Å². The molecular formula is C23H24FN3O6S2. The highest BCUT2D eigenvalue weighted by Gasteiger charge is 2.29. The lowest BCUT2D eigenvalue weighted by molar-refractivity contribution is 0.472. The third-order valence-electron chi connectivity index (χ3n) is 5.53. The van der Waals surface area contributed by atoms with E-state index in [1.807, 2.05) is 13.8 Å². The zero-order valence-electron chi connectivity index (χ0n) is 19.2. The summed E-state index contributed by atoms with van der Waals surface area (Å²) in [5.74, 6) is -0.913. The number of fused-ring (bicyclic) bond motifs is 2. The number of sulfone groups is 1. The number of aryl methyl sites for hydroxylation is 1. The zero-order chi connectivity index (χ0) is 25.7. The minimum absolute atomic E-state index is 0.0496. The van der Waals surface area contributed by atoms with Gasteiger partial charge in [0.05, 0.1) is 33.5 Å². The molecule has 1 aromatic heterocycles. The van der Waals surface area contributed by atoms with Crippen LogP contribution in [0.1, 0.15) is 25.8 Å². The Balaban J connectivity index is 1.91. The van der Waals surface area contributed by atoms with Crippen LogP contribution in [-0.2, 0) is 26.4 Å². The summed E-state index contributed by atoms with van der Waals surface area (Å²) >= 11 is 0. The molecule has 0 saturated carbocycles. The first-order valence-corrected chi connectivity index (χ1v) is 14.1. The predicted octanol–water partition coefficient (Wildman–Crippen LogP) is 3.46. The van der Waals surface area contributed by atoms with E-state index in [2.05, 4.69) is 10.0 Å². The third-order valence-corrected chi connectivity index (χ3v) is 7.64. The summed E-state index contributed by atoms with van der Waals surface area (Å²) in [7, 11) is -7.78.